The van der Waals surface area contributed by atoms with Crippen molar-refractivity contribution in [3.8, 4) is 0 Å². The molecule has 8 heteroatoms. The van der Waals surface area contributed by atoms with Gasteiger partial charge in [0.2, 0.25) is 0 Å². The fraction of sp³-hybridized carbons (Fsp3) is 0.231. The first-order valence-corrected chi connectivity index (χ1v) is 6.25. The summed E-state index contributed by atoms with van der Waals surface area (Å²) in [4.78, 5) is 29.8. The molecule has 2 N–H and O–H groups in total. The lowest BCUT2D eigenvalue weighted by Gasteiger charge is -2.17. The number of aliphatic hydroxyl groups excluding tert-OH is 1. The van der Waals surface area contributed by atoms with Crippen LogP contribution in [-0.2, 0) is 7.05 Å². The molecule has 0 aliphatic carbocycles. The topological polar surface area (TPSA) is 104 Å². The quantitative estimate of drug-likeness (QED) is 0.559. The number of aromatic amines is 1. The molecule has 0 amide bonds. The Hall–Kier alpha value is -2.74. The third-order valence-corrected chi connectivity index (χ3v) is 2.74. The molecule has 0 saturated carbocycles. The Balaban J connectivity index is 2.33. The highest BCUT2D eigenvalue weighted by molar-refractivity contribution is 5.77. The molecular weight excluding hydrogens is 274 g/mol. The first-order valence-electron chi connectivity index (χ1n) is 6.25. The van der Waals surface area contributed by atoms with E-state index >= 15 is 0 Å². The van der Waals surface area contributed by atoms with Crippen LogP contribution in [-0.4, -0.2) is 39.0 Å². The van der Waals surface area contributed by atoms with Crippen LogP contribution in [0.1, 0.15) is 5.69 Å². The molecule has 0 atom stereocenters. The van der Waals surface area contributed by atoms with Gasteiger partial charge in [-0.25, -0.2) is 9.80 Å². The number of nitrogens with zero attached hydrogens (tertiary/aromatic N) is 4. The fourth-order valence-electron chi connectivity index (χ4n) is 1.60. The third-order valence-electron chi connectivity index (χ3n) is 2.74. The monoisotopic (exact) mass is 289 g/mol. The zero-order chi connectivity index (χ0) is 15.2. The van der Waals surface area contributed by atoms with Crippen molar-refractivity contribution < 1.29 is 5.11 Å². The van der Waals surface area contributed by atoms with Crippen molar-refractivity contribution in [3.05, 3.63) is 57.0 Å². The van der Waals surface area contributed by atoms with Gasteiger partial charge in [0.25, 0.3) is 5.56 Å². The van der Waals surface area contributed by atoms with Gasteiger partial charge in [0.05, 0.1) is 25.1 Å². The molecule has 2 aromatic heterocycles. The molecule has 0 bridgehead atoms. The normalized spacial score (nSPS) is 11.0. The fourth-order valence-corrected chi connectivity index (χ4v) is 1.60. The first-order chi connectivity index (χ1) is 10.1. The minimum atomic E-state index is -0.548. The SMILES string of the molecule is Cn1c(=O)cc(N(CCO)/N=C\c2ccccn2)[nH]c1=O. The number of pyridine rings is 1. The zero-order valence-corrected chi connectivity index (χ0v) is 11.4. The molecule has 0 aromatic carbocycles. The summed E-state index contributed by atoms with van der Waals surface area (Å²) in [5.74, 6) is 0.212. The molecule has 0 saturated heterocycles. The van der Waals surface area contributed by atoms with Crippen LogP contribution in [0.2, 0.25) is 0 Å². The van der Waals surface area contributed by atoms with E-state index in [0.717, 1.165) is 4.57 Å². The van der Waals surface area contributed by atoms with E-state index in [4.69, 9.17) is 5.11 Å². The van der Waals surface area contributed by atoms with E-state index in [0.29, 0.717) is 5.69 Å². The van der Waals surface area contributed by atoms with Gasteiger partial charge < -0.3 is 5.11 Å². The summed E-state index contributed by atoms with van der Waals surface area (Å²) < 4.78 is 0.948. The van der Waals surface area contributed by atoms with Crippen molar-refractivity contribution in [3.63, 3.8) is 0 Å². The minimum Gasteiger partial charge on any atom is -0.394 e. The zero-order valence-electron chi connectivity index (χ0n) is 11.4. The van der Waals surface area contributed by atoms with E-state index in [2.05, 4.69) is 15.1 Å². The van der Waals surface area contributed by atoms with Crippen molar-refractivity contribution in [2.45, 2.75) is 0 Å². The maximum absolute atomic E-state index is 11.6. The highest BCUT2D eigenvalue weighted by Crippen LogP contribution is 2.05. The van der Waals surface area contributed by atoms with Crippen LogP contribution >= 0.6 is 0 Å². The molecule has 0 spiro atoms. The summed E-state index contributed by atoms with van der Waals surface area (Å²) in [7, 11) is 1.37. The Morgan fingerprint density at radius 1 is 1.48 bits per heavy atom. The van der Waals surface area contributed by atoms with Gasteiger partial charge in [-0.2, -0.15) is 5.10 Å². The number of aromatic nitrogens is 3. The average molecular weight is 289 g/mol. The van der Waals surface area contributed by atoms with Crippen molar-refractivity contribution in [2.75, 3.05) is 18.2 Å². The minimum absolute atomic E-state index is 0.131. The second-order valence-corrected chi connectivity index (χ2v) is 4.20. The van der Waals surface area contributed by atoms with E-state index in [9.17, 15) is 9.59 Å². The van der Waals surface area contributed by atoms with Crippen LogP contribution in [0.5, 0.6) is 0 Å². The molecule has 0 fully saturated rings. The summed E-state index contributed by atoms with van der Waals surface area (Å²) in [6, 6.07) is 6.59. The van der Waals surface area contributed by atoms with Crippen LogP contribution in [0.15, 0.2) is 45.2 Å². The van der Waals surface area contributed by atoms with Gasteiger partial charge in [0.15, 0.2) is 0 Å². The number of hydrogen-bond acceptors (Lipinski definition) is 6. The summed E-state index contributed by atoms with van der Waals surface area (Å²) in [5, 5.41) is 14.5. The lowest BCUT2D eigenvalue weighted by atomic mass is 10.4. The lowest BCUT2D eigenvalue weighted by Crippen LogP contribution is -2.35. The summed E-state index contributed by atoms with van der Waals surface area (Å²) in [6.45, 7) is -0.0523. The number of anilines is 1. The van der Waals surface area contributed by atoms with Crippen LogP contribution in [0.25, 0.3) is 0 Å². The van der Waals surface area contributed by atoms with Gasteiger partial charge in [0.1, 0.15) is 5.82 Å². The highest BCUT2D eigenvalue weighted by Gasteiger charge is 2.08. The molecule has 0 radical (unpaired) electrons. The van der Waals surface area contributed by atoms with Crippen LogP contribution in [0.4, 0.5) is 5.82 Å². The Labute approximate surface area is 120 Å². The molecule has 21 heavy (non-hydrogen) atoms. The van der Waals surface area contributed by atoms with Gasteiger partial charge in [-0.3, -0.25) is 19.3 Å². The number of H-pyrrole nitrogens is 1. The van der Waals surface area contributed by atoms with E-state index < -0.39 is 11.2 Å². The first kappa shape index (κ1) is 14.7. The number of hydrazone groups is 1. The molecular formula is C13H15N5O3. The summed E-state index contributed by atoms with van der Waals surface area (Å²) in [6.07, 6.45) is 3.10. The third kappa shape index (κ3) is 3.63. The van der Waals surface area contributed by atoms with E-state index in [1.54, 1.807) is 18.3 Å². The molecule has 8 nitrogen and oxygen atoms in total. The molecule has 0 aliphatic rings. The number of hydrogen-bond donors (Lipinski definition) is 2. The van der Waals surface area contributed by atoms with Crippen LogP contribution < -0.4 is 16.3 Å². The molecule has 2 rings (SSSR count). The highest BCUT2D eigenvalue weighted by atomic mass is 16.3. The van der Waals surface area contributed by atoms with Crippen molar-refractivity contribution in [1.82, 2.24) is 14.5 Å². The van der Waals surface area contributed by atoms with Gasteiger partial charge >= 0.3 is 5.69 Å². The Kier molecular flexibility index (Phi) is 4.62. The average Bonchev–Trinajstić information content (AvgIpc) is 2.49. The van der Waals surface area contributed by atoms with E-state index in [-0.39, 0.29) is 19.0 Å². The van der Waals surface area contributed by atoms with Gasteiger partial charge in [-0.05, 0) is 12.1 Å². The number of aliphatic hydroxyl groups is 1. The lowest BCUT2D eigenvalue weighted by molar-refractivity contribution is 0.302. The van der Waals surface area contributed by atoms with Gasteiger partial charge in [-0.1, -0.05) is 6.07 Å². The molecule has 2 heterocycles. The summed E-state index contributed by atoms with van der Waals surface area (Å²) >= 11 is 0. The Bertz CT molecular complexity index is 704. The maximum atomic E-state index is 11.6. The largest absolute Gasteiger partial charge is 0.394 e. The van der Waals surface area contributed by atoms with Crippen LogP contribution in [0.3, 0.4) is 0 Å². The van der Waals surface area contributed by atoms with E-state index in [1.807, 2.05) is 6.07 Å². The number of rotatable bonds is 5. The van der Waals surface area contributed by atoms with Gasteiger partial charge in [0, 0.05) is 19.3 Å². The van der Waals surface area contributed by atoms with Crippen molar-refractivity contribution in [1.29, 1.82) is 0 Å². The standard InChI is InChI=1S/C13H15N5O3/c1-17-12(20)8-11(16-13(17)21)18(6-7-19)15-9-10-4-2-3-5-14-10/h2-5,8-9,19H,6-7H2,1H3,(H,16,21)/b15-9-. The predicted molar refractivity (Wildman–Crippen MR) is 78.6 cm³/mol. The predicted octanol–water partition coefficient (Wildman–Crippen LogP) is -0.699. The smallest absolute Gasteiger partial charge is 0.329 e. The Morgan fingerprint density at radius 2 is 2.29 bits per heavy atom. The summed E-state index contributed by atoms with van der Waals surface area (Å²) in [5.41, 5.74) is -0.384. The molecule has 0 aliphatic heterocycles. The van der Waals surface area contributed by atoms with Crippen molar-refractivity contribution >= 4 is 12.0 Å². The molecule has 0 unspecified atom stereocenters. The maximum Gasteiger partial charge on any atom is 0.329 e. The second kappa shape index (κ2) is 6.62. The number of nitrogens with one attached hydrogen (secondary N) is 1. The Morgan fingerprint density at radius 3 is 2.90 bits per heavy atom. The molecule has 110 valence electrons. The molecule has 2 aromatic rings. The second-order valence-electron chi connectivity index (χ2n) is 4.20. The van der Waals surface area contributed by atoms with E-state index in [1.165, 1.54) is 24.3 Å². The van der Waals surface area contributed by atoms with Crippen molar-refractivity contribution in [2.24, 2.45) is 12.1 Å². The van der Waals surface area contributed by atoms with Crippen LogP contribution in [0, 0.1) is 0 Å². The van der Waals surface area contributed by atoms with Gasteiger partial charge in [-0.15, -0.1) is 0 Å².